The molecule has 0 spiro atoms. The van der Waals surface area contributed by atoms with Crippen LogP contribution in [-0.4, -0.2) is 48.7 Å². The Kier molecular flexibility index (Phi) is 7.83. The maximum atomic E-state index is 10.4. The van der Waals surface area contributed by atoms with Gasteiger partial charge in [-0.15, -0.1) is 24.8 Å². The van der Waals surface area contributed by atoms with Crippen molar-refractivity contribution in [1.82, 2.24) is 10.2 Å². The van der Waals surface area contributed by atoms with E-state index in [0.29, 0.717) is 6.54 Å². The molecule has 0 unspecified atom stereocenters. The Bertz CT molecular complexity index is 146. The van der Waals surface area contributed by atoms with Crippen LogP contribution >= 0.6 is 24.8 Å². The molecule has 1 heterocycles. The summed E-state index contributed by atoms with van der Waals surface area (Å²) >= 11 is 0. The molecule has 0 saturated carbocycles. The van der Waals surface area contributed by atoms with Gasteiger partial charge >= 0.3 is 5.97 Å². The van der Waals surface area contributed by atoms with Gasteiger partial charge in [-0.05, 0) is 7.05 Å². The minimum absolute atomic E-state index is 0. The van der Waals surface area contributed by atoms with Crippen LogP contribution in [0, 0.1) is 0 Å². The van der Waals surface area contributed by atoms with E-state index in [9.17, 15) is 4.79 Å². The monoisotopic (exact) mass is 216 g/mol. The zero-order valence-corrected chi connectivity index (χ0v) is 8.45. The van der Waals surface area contributed by atoms with Crippen molar-refractivity contribution in [1.29, 1.82) is 0 Å². The number of carboxylic acid groups (broad SMARTS) is 1. The highest BCUT2D eigenvalue weighted by Crippen LogP contribution is 1.94. The van der Waals surface area contributed by atoms with Crippen molar-refractivity contribution >= 4 is 30.8 Å². The molecular weight excluding hydrogens is 203 g/mol. The van der Waals surface area contributed by atoms with Crippen LogP contribution in [0.4, 0.5) is 0 Å². The number of hydrogen-bond acceptors (Lipinski definition) is 3. The van der Waals surface area contributed by atoms with E-state index in [1.807, 2.05) is 11.9 Å². The van der Waals surface area contributed by atoms with Gasteiger partial charge in [0.2, 0.25) is 0 Å². The Labute approximate surface area is 84.1 Å². The lowest BCUT2D eigenvalue weighted by Crippen LogP contribution is -2.52. The molecule has 6 heteroatoms. The smallest absolute Gasteiger partial charge is 0.322 e. The zero-order valence-electron chi connectivity index (χ0n) is 6.82. The summed E-state index contributed by atoms with van der Waals surface area (Å²) in [5.41, 5.74) is 0. The number of carbonyl (C=O) groups is 1. The first-order valence-corrected chi connectivity index (χ1v) is 3.35. The molecule has 0 aromatic heterocycles. The Hall–Kier alpha value is -0.0300. The molecule has 0 aromatic carbocycles. The van der Waals surface area contributed by atoms with Crippen LogP contribution in [-0.2, 0) is 4.79 Å². The lowest BCUT2D eigenvalue weighted by Gasteiger charge is -2.27. The molecule has 1 aliphatic rings. The molecule has 2 N–H and O–H groups in total. The molecule has 1 atom stereocenters. The summed E-state index contributed by atoms with van der Waals surface area (Å²) in [4.78, 5) is 12.4. The van der Waals surface area contributed by atoms with Gasteiger partial charge in [0.05, 0.1) is 0 Å². The number of nitrogens with one attached hydrogen (secondary N) is 1. The number of aliphatic carboxylic acids is 1. The van der Waals surface area contributed by atoms with Crippen molar-refractivity contribution in [3.8, 4) is 0 Å². The molecule has 1 saturated heterocycles. The lowest BCUT2D eigenvalue weighted by molar-refractivity contribution is -0.140. The van der Waals surface area contributed by atoms with Gasteiger partial charge in [-0.1, -0.05) is 0 Å². The van der Waals surface area contributed by atoms with Crippen molar-refractivity contribution in [3.05, 3.63) is 0 Å². The van der Waals surface area contributed by atoms with Crippen molar-refractivity contribution in [3.63, 3.8) is 0 Å². The highest BCUT2D eigenvalue weighted by Gasteiger charge is 2.21. The molecule has 0 aromatic rings. The summed E-state index contributed by atoms with van der Waals surface area (Å²) in [5, 5.41) is 11.5. The number of halogens is 2. The molecule has 0 aliphatic carbocycles. The predicted octanol–water partition coefficient (Wildman–Crippen LogP) is -0.182. The Morgan fingerprint density at radius 3 is 2.50 bits per heavy atom. The van der Waals surface area contributed by atoms with Gasteiger partial charge in [0.1, 0.15) is 6.04 Å². The number of rotatable bonds is 1. The zero-order chi connectivity index (χ0) is 7.56. The van der Waals surface area contributed by atoms with Gasteiger partial charge in [0, 0.05) is 19.6 Å². The molecule has 0 radical (unpaired) electrons. The Balaban J connectivity index is 0. The lowest BCUT2D eigenvalue weighted by atomic mass is 10.2. The maximum Gasteiger partial charge on any atom is 0.322 e. The molecular formula is C6H14Cl2N2O2. The van der Waals surface area contributed by atoms with E-state index in [1.54, 1.807) is 0 Å². The van der Waals surface area contributed by atoms with Gasteiger partial charge in [-0.2, -0.15) is 0 Å². The highest BCUT2D eigenvalue weighted by molar-refractivity contribution is 5.85. The average Bonchev–Trinajstić information content (AvgIpc) is 1.88. The number of carboxylic acids is 1. The van der Waals surface area contributed by atoms with Crippen molar-refractivity contribution in [2.75, 3.05) is 26.7 Å². The van der Waals surface area contributed by atoms with Gasteiger partial charge in [0.25, 0.3) is 0 Å². The summed E-state index contributed by atoms with van der Waals surface area (Å²) in [6.45, 7) is 2.31. The van der Waals surface area contributed by atoms with Gasteiger partial charge < -0.3 is 15.3 Å². The van der Waals surface area contributed by atoms with Crippen molar-refractivity contribution in [2.24, 2.45) is 0 Å². The number of hydrogen-bond donors (Lipinski definition) is 2. The van der Waals surface area contributed by atoms with Crippen LogP contribution in [0.5, 0.6) is 0 Å². The van der Waals surface area contributed by atoms with E-state index >= 15 is 0 Å². The summed E-state index contributed by atoms with van der Waals surface area (Å²) in [7, 11) is 1.93. The van der Waals surface area contributed by atoms with Crippen molar-refractivity contribution < 1.29 is 9.90 Å². The fraction of sp³-hybridized carbons (Fsp3) is 0.833. The van der Waals surface area contributed by atoms with E-state index < -0.39 is 5.97 Å². The quantitative estimate of drug-likeness (QED) is 0.639. The largest absolute Gasteiger partial charge is 0.480 e. The van der Waals surface area contributed by atoms with Crippen LogP contribution < -0.4 is 5.32 Å². The van der Waals surface area contributed by atoms with E-state index in [4.69, 9.17) is 5.11 Å². The summed E-state index contributed by atoms with van der Waals surface area (Å²) in [5.74, 6) is -0.758. The summed E-state index contributed by atoms with van der Waals surface area (Å²) in [6, 6.07) is -0.376. The van der Waals surface area contributed by atoms with Crippen molar-refractivity contribution in [2.45, 2.75) is 6.04 Å². The van der Waals surface area contributed by atoms with Crippen LogP contribution in [0.25, 0.3) is 0 Å². The van der Waals surface area contributed by atoms with Crippen LogP contribution in [0.2, 0.25) is 0 Å². The molecule has 0 amide bonds. The predicted molar refractivity (Wildman–Crippen MR) is 51.4 cm³/mol. The molecule has 4 nitrogen and oxygen atoms in total. The Morgan fingerprint density at radius 1 is 1.58 bits per heavy atom. The summed E-state index contributed by atoms with van der Waals surface area (Å²) in [6.07, 6.45) is 0. The van der Waals surface area contributed by atoms with Crippen LogP contribution in [0.3, 0.4) is 0 Å². The first kappa shape index (κ1) is 14.5. The SMILES string of the molecule is CN1CCN[C@H](C(=O)O)C1.Cl.Cl. The second kappa shape index (κ2) is 6.48. The van der Waals surface area contributed by atoms with E-state index in [0.717, 1.165) is 13.1 Å². The highest BCUT2D eigenvalue weighted by atomic mass is 35.5. The second-order valence-electron chi connectivity index (χ2n) is 2.61. The summed E-state index contributed by atoms with van der Waals surface area (Å²) < 4.78 is 0. The molecule has 1 aliphatic heterocycles. The van der Waals surface area contributed by atoms with E-state index in [1.165, 1.54) is 0 Å². The average molecular weight is 217 g/mol. The molecule has 0 bridgehead atoms. The first-order chi connectivity index (χ1) is 4.70. The van der Waals surface area contributed by atoms with Gasteiger partial charge in [0.15, 0.2) is 0 Å². The minimum atomic E-state index is -0.758. The van der Waals surface area contributed by atoms with Gasteiger partial charge in [-0.3, -0.25) is 4.79 Å². The normalized spacial score (nSPS) is 23.6. The maximum absolute atomic E-state index is 10.4. The fourth-order valence-electron chi connectivity index (χ4n) is 1.06. The number of nitrogens with zero attached hydrogens (tertiary/aromatic N) is 1. The molecule has 1 fully saturated rings. The Morgan fingerprint density at radius 2 is 2.17 bits per heavy atom. The van der Waals surface area contributed by atoms with Crippen LogP contribution in [0.15, 0.2) is 0 Å². The second-order valence-corrected chi connectivity index (χ2v) is 2.61. The molecule has 1 rings (SSSR count). The third kappa shape index (κ3) is 4.11. The van der Waals surface area contributed by atoms with Crippen LogP contribution in [0.1, 0.15) is 0 Å². The van der Waals surface area contributed by atoms with E-state index in [2.05, 4.69) is 5.32 Å². The third-order valence-electron chi connectivity index (χ3n) is 1.68. The van der Waals surface area contributed by atoms with E-state index in [-0.39, 0.29) is 30.9 Å². The third-order valence-corrected chi connectivity index (χ3v) is 1.68. The molecule has 74 valence electrons. The minimum Gasteiger partial charge on any atom is -0.480 e. The first-order valence-electron chi connectivity index (χ1n) is 3.35. The standard InChI is InChI=1S/C6H12N2O2.2ClH/c1-8-3-2-7-5(4-8)6(9)10;;/h5,7H,2-4H2,1H3,(H,9,10);2*1H/t5-;;/m0../s1. The number of likely N-dealkylation sites (N-methyl/N-ethyl adjacent to an activating group) is 1. The molecule has 12 heavy (non-hydrogen) atoms. The van der Waals surface area contributed by atoms with Gasteiger partial charge in [-0.25, -0.2) is 0 Å². The topological polar surface area (TPSA) is 52.6 Å². The number of piperazine rings is 1. The fourth-order valence-corrected chi connectivity index (χ4v) is 1.06.